The van der Waals surface area contributed by atoms with Gasteiger partial charge < -0.3 is 20.1 Å². The summed E-state index contributed by atoms with van der Waals surface area (Å²) in [5.41, 5.74) is 0.805. The number of hydrogen-bond donors (Lipinski definition) is 2. The van der Waals surface area contributed by atoms with Gasteiger partial charge in [-0.1, -0.05) is 12.1 Å². The number of ether oxygens (including phenoxy) is 2. The summed E-state index contributed by atoms with van der Waals surface area (Å²) in [5.74, 6) is -0.00175. The average molecular weight is 344 g/mol. The van der Waals surface area contributed by atoms with Gasteiger partial charge in [0, 0.05) is 19.7 Å². The number of carbonyl (C=O) groups is 2. The summed E-state index contributed by atoms with van der Waals surface area (Å²) in [5, 5.41) is 5.74. The molecule has 1 aromatic heterocycles. The molecule has 1 aromatic carbocycles. The van der Waals surface area contributed by atoms with Crippen LogP contribution in [0.1, 0.15) is 26.7 Å². The molecular formula is C17H20N4O4. The standard InChI is InChI=1S/C17H20N4O4/c1-11-19-14(10-15(20-11)18-8-9-24-2)16(22)21-13-7-5-4-6-12(13)17(23)25-3/h4-7,10H,8-9H2,1-3H3,(H,21,22)(H,18,19,20). The number of anilines is 2. The van der Waals surface area contributed by atoms with Gasteiger partial charge in [0.15, 0.2) is 0 Å². The quantitative estimate of drug-likeness (QED) is 0.584. The Kier molecular flexibility index (Phi) is 6.41. The number of rotatable bonds is 7. The van der Waals surface area contributed by atoms with Crippen LogP contribution >= 0.6 is 0 Å². The van der Waals surface area contributed by atoms with E-state index in [1.165, 1.54) is 7.11 Å². The molecule has 0 bridgehead atoms. The maximum absolute atomic E-state index is 12.5. The van der Waals surface area contributed by atoms with E-state index < -0.39 is 11.9 Å². The number of esters is 1. The first-order valence-corrected chi connectivity index (χ1v) is 7.62. The molecule has 0 unspecified atom stereocenters. The lowest BCUT2D eigenvalue weighted by molar-refractivity contribution is 0.0602. The first-order chi connectivity index (χ1) is 12.0. The highest BCUT2D eigenvalue weighted by Crippen LogP contribution is 2.17. The number of nitrogens with one attached hydrogen (secondary N) is 2. The van der Waals surface area contributed by atoms with Crippen molar-refractivity contribution in [3.05, 3.63) is 47.4 Å². The Balaban J connectivity index is 2.20. The topological polar surface area (TPSA) is 102 Å². The van der Waals surface area contributed by atoms with E-state index in [0.29, 0.717) is 30.5 Å². The molecule has 0 aliphatic carbocycles. The van der Waals surface area contributed by atoms with Crippen molar-refractivity contribution < 1.29 is 19.1 Å². The molecule has 0 fully saturated rings. The van der Waals surface area contributed by atoms with E-state index in [1.807, 2.05) is 0 Å². The van der Waals surface area contributed by atoms with Crippen LogP contribution < -0.4 is 10.6 Å². The fourth-order valence-electron chi connectivity index (χ4n) is 2.12. The van der Waals surface area contributed by atoms with Gasteiger partial charge in [0.2, 0.25) is 0 Å². The van der Waals surface area contributed by atoms with Crippen LogP contribution in [-0.2, 0) is 9.47 Å². The van der Waals surface area contributed by atoms with E-state index in [4.69, 9.17) is 9.47 Å². The largest absolute Gasteiger partial charge is 0.465 e. The molecule has 0 aliphatic heterocycles. The van der Waals surface area contributed by atoms with Gasteiger partial charge in [0.1, 0.15) is 17.3 Å². The molecule has 8 nitrogen and oxygen atoms in total. The summed E-state index contributed by atoms with van der Waals surface area (Å²) in [7, 11) is 2.89. The number of benzene rings is 1. The van der Waals surface area contributed by atoms with Crippen molar-refractivity contribution in [3.8, 4) is 0 Å². The Morgan fingerprint density at radius 1 is 1.16 bits per heavy atom. The summed E-state index contributed by atoms with van der Waals surface area (Å²) in [6, 6.07) is 8.14. The minimum atomic E-state index is -0.531. The minimum Gasteiger partial charge on any atom is -0.465 e. The van der Waals surface area contributed by atoms with Crippen LogP contribution in [0.4, 0.5) is 11.5 Å². The minimum absolute atomic E-state index is 0.187. The van der Waals surface area contributed by atoms with Gasteiger partial charge in [-0.3, -0.25) is 4.79 Å². The molecule has 0 aliphatic rings. The van der Waals surface area contributed by atoms with E-state index in [1.54, 1.807) is 44.4 Å². The molecule has 0 saturated heterocycles. The third kappa shape index (κ3) is 4.98. The van der Waals surface area contributed by atoms with Crippen molar-refractivity contribution >= 4 is 23.4 Å². The highest BCUT2D eigenvalue weighted by Gasteiger charge is 2.16. The number of nitrogens with zero attached hydrogens (tertiary/aromatic N) is 2. The zero-order valence-corrected chi connectivity index (χ0v) is 14.3. The lowest BCUT2D eigenvalue weighted by Crippen LogP contribution is -2.18. The Hall–Kier alpha value is -3.00. The highest BCUT2D eigenvalue weighted by atomic mass is 16.5. The van der Waals surface area contributed by atoms with Crippen LogP contribution in [0.5, 0.6) is 0 Å². The van der Waals surface area contributed by atoms with E-state index in [-0.39, 0.29) is 11.3 Å². The van der Waals surface area contributed by atoms with E-state index in [2.05, 4.69) is 20.6 Å². The second kappa shape index (κ2) is 8.74. The van der Waals surface area contributed by atoms with Crippen LogP contribution in [0.3, 0.4) is 0 Å². The number of hydrogen-bond acceptors (Lipinski definition) is 7. The zero-order valence-electron chi connectivity index (χ0n) is 14.3. The smallest absolute Gasteiger partial charge is 0.339 e. The van der Waals surface area contributed by atoms with Crippen LogP contribution in [0, 0.1) is 6.92 Å². The molecular weight excluding hydrogens is 324 g/mol. The Bertz CT molecular complexity index is 764. The fourth-order valence-corrected chi connectivity index (χ4v) is 2.12. The summed E-state index contributed by atoms with van der Waals surface area (Å²) < 4.78 is 9.69. The molecule has 8 heteroatoms. The third-order valence-corrected chi connectivity index (χ3v) is 3.26. The molecule has 0 atom stereocenters. The normalized spacial score (nSPS) is 10.2. The molecule has 2 aromatic rings. The molecule has 2 N–H and O–H groups in total. The van der Waals surface area contributed by atoms with Crippen molar-refractivity contribution in [2.24, 2.45) is 0 Å². The van der Waals surface area contributed by atoms with Crippen LogP contribution in [0.15, 0.2) is 30.3 Å². The second-order valence-electron chi connectivity index (χ2n) is 5.10. The number of aromatic nitrogens is 2. The van der Waals surface area contributed by atoms with Gasteiger partial charge in [-0.25, -0.2) is 14.8 Å². The molecule has 25 heavy (non-hydrogen) atoms. The number of para-hydroxylation sites is 1. The van der Waals surface area contributed by atoms with E-state index >= 15 is 0 Å². The zero-order chi connectivity index (χ0) is 18.2. The van der Waals surface area contributed by atoms with Gasteiger partial charge >= 0.3 is 5.97 Å². The molecule has 2 rings (SSSR count). The Morgan fingerprint density at radius 3 is 2.64 bits per heavy atom. The van der Waals surface area contributed by atoms with E-state index in [9.17, 15) is 9.59 Å². The number of methoxy groups -OCH3 is 2. The molecule has 1 amide bonds. The van der Waals surface area contributed by atoms with Gasteiger partial charge in [0.05, 0.1) is 25.0 Å². The fraction of sp³-hybridized carbons (Fsp3) is 0.294. The Morgan fingerprint density at radius 2 is 1.92 bits per heavy atom. The lowest BCUT2D eigenvalue weighted by atomic mass is 10.1. The summed E-state index contributed by atoms with van der Waals surface area (Å²) >= 11 is 0. The van der Waals surface area contributed by atoms with Crippen molar-refractivity contribution in [1.82, 2.24) is 9.97 Å². The summed E-state index contributed by atoms with van der Waals surface area (Å²) in [6.45, 7) is 2.76. The first kappa shape index (κ1) is 18.3. The third-order valence-electron chi connectivity index (χ3n) is 3.26. The maximum atomic E-state index is 12.5. The molecule has 1 heterocycles. The number of carbonyl (C=O) groups excluding carboxylic acids is 2. The van der Waals surface area contributed by atoms with Gasteiger partial charge in [-0.2, -0.15) is 0 Å². The van der Waals surface area contributed by atoms with Crippen LogP contribution in [-0.4, -0.2) is 49.2 Å². The second-order valence-corrected chi connectivity index (χ2v) is 5.10. The average Bonchev–Trinajstić information content (AvgIpc) is 2.61. The first-order valence-electron chi connectivity index (χ1n) is 7.62. The Labute approximate surface area is 145 Å². The predicted molar refractivity (Wildman–Crippen MR) is 92.9 cm³/mol. The lowest BCUT2D eigenvalue weighted by Gasteiger charge is -2.11. The maximum Gasteiger partial charge on any atom is 0.339 e. The highest BCUT2D eigenvalue weighted by molar-refractivity contribution is 6.07. The monoisotopic (exact) mass is 344 g/mol. The van der Waals surface area contributed by atoms with Crippen molar-refractivity contribution in [2.45, 2.75) is 6.92 Å². The number of aryl methyl sites for hydroxylation is 1. The SMILES string of the molecule is COCCNc1cc(C(=O)Nc2ccccc2C(=O)OC)nc(C)n1. The van der Waals surface area contributed by atoms with Crippen molar-refractivity contribution in [2.75, 3.05) is 38.0 Å². The molecule has 0 saturated carbocycles. The van der Waals surface area contributed by atoms with Crippen molar-refractivity contribution in [3.63, 3.8) is 0 Å². The van der Waals surface area contributed by atoms with Gasteiger partial charge in [-0.15, -0.1) is 0 Å². The summed E-state index contributed by atoms with van der Waals surface area (Å²) in [4.78, 5) is 32.7. The van der Waals surface area contributed by atoms with Gasteiger partial charge in [-0.05, 0) is 19.1 Å². The van der Waals surface area contributed by atoms with Crippen LogP contribution in [0.2, 0.25) is 0 Å². The number of amides is 1. The summed E-state index contributed by atoms with van der Waals surface area (Å²) in [6.07, 6.45) is 0. The molecule has 0 radical (unpaired) electrons. The molecule has 132 valence electrons. The van der Waals surface area contributed by atoms with Crippen LogP contribution in [0.25, 0.3) is 0 Å². The van der Waals surface area contributed by atoms with Crippen molar-refractivity contribution in [1.29, 1.82) is 0 Å². The molecule has 0 spiro atoms. The van der Waals surface area contributed by atoms with Gasteiger partial charge in [0.25, 0.3) is 5.91 Å². The van der Waals surface area contributed by atoms with E-state index in [0.717, 1.165) is 0 Å². The predicted octanol–water partition coefficient (Wildman–Crippen LogP) is 1.88.